The highest BCUT2D eigenvalue weighted by Gasteiger charge is 2.18. The van der Waals surface area contributed by atoms with E-state index in [9.17, 15) is 8.42 Å². The Morgan fingerprint density at radius 2 is 2.17 bits per heavy atom. The van der Waals surface area contributed by atoms with Crippen LogP contribution >= 0.6 is 22.6 Å². The van der Waals surface area contributed by atoms with E-state index in [4.69, 9.17) is 5.73 Å². The molecule has 6 heteroatoms. The monoisotopic (exact) mass is 382 g/mol. The number of halogens is 1. The lowest BCUT2D eigenvalue weighted by molar-refractivity contribution is 0.516. The van der Waals surface area contributed by atoms with Crippen LogP contribution in [-0.2, 0) is 10.0 Å². The highest BCUT2D eigenvalue weighted by Crippen LogP contribution is 2.14. The van der Waals surface area contributed by atoms with Crippen LogP contribution in [0.15, 0.2) is 29.2 Å². The van der Waals surface area contributed by atoms with Gasteiger partial charge >= 0.3 is 0 Å². The van der Waals surface area contributed by atoms with Crippen LogP contribution in [0, 0.1) is 3.57 Å². The van der Waals surface area contributed by atoms with Crippen LogP contribution in [0.3, 0.4) is 0 Å². The molecule has 0 saturated carbocycles. The van der Waals surface area contributed by atoms with Gasteiger partial charge in [-0.05, 0) is 47.2 Å². The van der Waals surface area contributed by atoms with Crippen molar-refractivity contribution in [3.05, 3.63) is 27.8 Å². The maximum Gasteiger partial charge on any atom is 0.240 e. The first-order valence-corrected chi connectivity index (χ1v) is 8.53. The lowest BCUT2D eigenvalue weighted by Gasteiger charge is -2.16. The molecule has 0 amide bonds. The average molecular weight is 382 g/mol. The van der Waals surface area contributed by atoms with Gasteiger partial charge in [0.25, 0.3) is 0 Å². The number of benzene rings is 1. The Balaban J connectivity index is 2.80. The Kier molecular flexibility index (Phi) is 6.54. The van der Waals surface area contributed by atoms with Gasteiger partial charge in [-0.2, -0.15) is 0 Å². The third kappa shape index (κ3) is 4.83. The molecule has 0 radical (unpaired) electrons. The molecule has 1 atom stereocenters. The van der Waals surface area contributed by atoms with Gasteiger partial charge < -0.3 is 5.73 Å². The summed E-state index contributed by atoms with van der Waals surface area (Å²) >= 11 is 2.09. The summed E-state index contributed by atoms with van der Waals surface area (Å²) in [7, 11) is -3.46. The number of nitrogens with two attached hydrogens (primary N) is 1. The van der Waals surface area contributed by atoms with E-state index in [-0.39, 0.29) is 6.04 Å². The average Bonchev–Trinajstić information content (AvgIpc) is 2.34. The van der Waals surface area contributed by atoms with Crippen molar-refractivity contribution in [2.45, 2.75) is 37.1 Å². The van der Waals surface area contributed by atoms with E-state index < -0.39 is 10.0 Å². The molecule has 1 aromatic carbocycles. The molecule has 0 aliphatic rings. The molecule has 0 aliphatic heterocycles. The normalized spacial score (nSPS) is 13.5. The maximum atomic E-state index is 12.1. The molecular weight excluding hydrogens is 363 g/mol. The minimum Gasteiger partial charge on any atom is -0.329 e. The molecule has 0 aliphatic carbocycles. The van der Waals surface area contributed by atoms with Gasteiger partial charge in [0.05, 0.1) is 4.90 Å². The van der Waals surface area contributed by atoms with Gasteiger partial charge in [0, 0.05) is 16.2 Å². The molecule has 0 fully saturated rings. The summed E-state index contributed by atoms with van der Waals surface area (Å²) in [5.74, 6) is 0. The molecule has 0 heterocycles. The van der Waals surface area contributed by atoms with Crippen LogP contribution in [0.1, 0.15) is 26.2 Å². The minimum absolute atomic E-state index is 0.187. The first-order chi connectivity index (χ1) is 8.49. The van der Waals surface area contributed by atoms with Crippen molar-refractivity contribution >= 4 is 32.6 Å². The smallest absolute Gasteiger partial charge is 0.240 e. The third-order valence-electron chi connectivity index (χ3n) is 2.62. The third-order valence-corrected chi connectivity index (χ3v) is 4.81. The van der Waals surface area contributed by atoms with Gasteiger partial charge in [-0.25, -0.2) is 13.1 Å². The number of rotatable bonds is 7. The van der Waals surface area contributed by atoms with E-state index in [1.54, 1.807) is 18.2 Å². The Hall–Kier alpha value is -0.180. The summed E-state index contributed by atoms with van der Waals surface area (Å²) in [6.45, 7) is 2.39. The van der Waals surface area contributed by atoms with E-state index in [0.29, 0.717) is 11.4 Å². The summed E-state index contributed by atoms with van der Waals surface area (Å²) in [5.41, 5.74) is 5.60. The molecule has 3 N–H and O–H groups in total. The molecule has 0 bridgehead atoms. The summed E-state index contributed by atoms with van der Waals surface area (Å²) in [6.07, 6.45) is 2.77. The molecule has 0 spiro atoms. The van der Waals surface area contributed by atoms with E-state index >= 15 is 0 Å². The molecule has 102 valence electrons. The zero-order valence-corrected chi connectivity index (χ0v) is 13.4. The fraction of sp³-hybridized carbons (Fsp3) is 0.500. The van der Waals surface area contributed by atoms with E-state index in [1.807, 2.05) is 6.07 Å². The second-order valence-corrected chi connectivity index (χ2v) is 7.11. The van der Waals surface area contributed by atoms with Crippen LogP contribution in [-0.4, -0.2) is 21.0 Å². The van der Waals surface area contributed by atoms with Gasteiger partial charge in [-0.1, -0.05) is 25.8 Å². The van der Waals surface area contributed by atoms with Gasteiger partial charge in [0.2, 0.25) is 10.0 Å². The maximum absolute atomic E-state index is 12.1. The molecular formula is C12H19IN2O2S. The lowest BCUT2D eigenvalue weighted by Crippen LogP contribution is -2.40. The molecule has 0 saturated heterocycles. The summed E-state index contributed by atoms with van der Waals surface area (Å²) < 4.78 is 27.9. The van der Waals surface area contributed by atoms with Crippen LogP contribution in [0.25, 0.3) is 0 Å². The first kappa shape index (κ1) is 15.9. The Morgan fingerprint density at radius 1 is 1.44 bits per heavy atom. The highest BCUT2D eigenvalue weighted by molar-refractivity contribution is 14.1. The predicted octanol–water partition coefficient (Wildman–Crippen LogP) is 2.09. The van der Waals surface area contributed by atoms with Crippen LogP contribution in [0.4, 0.5) is 0 Å². The SMILES string of the molecule is CCCCC(CN)NS(=O)(=O)c1cccc(I)c1. The predicted molar refractivity (Wildman–Crippen MR) is 81.8 cm³/mol. The van der Waals surface area contributed by atoms with Crippen molar-refractivity contribution in [2.75, 3.05) is 6.54 Å². The number of unbranched alkanes of at least 4 members (excludes halogenated alkanes) is 1. The zero-order valence-electron chi connectivity index (χ0n) is 10.4. The summed E-state index contributed by atoms with van der Waals surface area (Å²) in [6, 6.07) is 6.65. The van der Waals surface area contributed by atoms with E-state index in [1.165, 1.54) is 0 Å². The van der Waals surface area contributed by atoms with Crippen molar-refractivity contribution in [3.63, 3.8) is 0 Å². The van der Waals surface area contributed by atoms with Crippen LogP contribution < -0.4 is 10.5 Å². The molecule has 1 aromatic rings. The summed E-state index contributed by atoms with van der Waals surface area (Å²) in [4.78, 5) is 0.296. The van der Waals surface area contributed by atoms with Gasteiger partial charge in [-0.15, -0.1) is 0 Å². The Bertz CT molecular complexity index is 477. The minimum atomic E-state index is -3.46. The molecule has 1 rings (SSSR count). The van der Waals surface area contributed by atoms with Crippen molar-refractivity contribution in [1.29, 1.82) is 0 Å². The number of hydrogen-bond donors (Lipinski definition) is 2. The second-order valence-electron chi connectivity index (χ2n) is 4.15. The van der Waals surface area contributed by atoms with Crippen LogP contribution in [0.5, 0.6) is 0 Å². The molecule has 1 unspecified atom stereocenters. The molecule has 4 nitrogen and oxygen atoms in total. The lowest BCUT2D eigenvalue weighted by atomic mass is 10.1. The van der Waals surface area contributed by atoms with Gasteiger partial charge in [0.1, 0.15) is 0 Å². The topological polar surface area (TPSA) is 72.2 Å². The van der Waals surface area contributed by atoms with Crippen molar-refractivity contribution in [2.24, 2.45) is 5.73 Å². The Labute approximate surface area is 123 Å². The summed E-state index contributed by atoms with van der Waals surface area (Å²) in [5, 5.41) is 0. The quantitative estimate of drug-likeness (QED) is 0.710. The zero-order chi connectivity index (χ0) is 13.6. The standard InChI is InChI=1S/C12H19IN2O2S/c1-2-3-6-11(9-14)15-18(16,17)12-7-4-5-10(13)8-12/h4-5,7-8,11,15H,2-3,6,9,14H2,1H3. The fourth-order valence-electron chi connectivity index (χ4n) is 1.60. The first-order valence-electron chi connectivity index (χ1n) is 5.97. The van der Waals surface area contributed by atoms with E-state index in [0.717, 1.165) is 22.8 Å². The van der Waals surface area contributed by atoms with Crippen molar-refractivity contribution in [3.8, 4) is 0 Å². The number of hydrogen-bond acceptors (Lipinski definition) is 3. The highest BCUT2D eigenvalue weighted by atomic mass is 127. The van der Waals surface area contributed by atoms with Crippen LogP contribution in [0.2, 0.25) is 0 Å². The largest absolute Gasteiger partial charge is 0.329 e. The van der Waals surface area contributed by atoms with Crippen molar-refractivity contribution in [1.82, 2.24) is 4.72 Å². The second kappa shape index (κ2) is 7.42. The number of nitrogens with one attached hydrogen (secondary N) is 1. The van der Waals surface area contributed by atoms with Crippen molar-refractivity contribution < 1.29 is 8.42 Å². The fourth-order valence-corrected chi connectivity index (χ4v) is 3.68. The van der Waals surface area contributed by atoms with Gasteiger partial charge in [0.15, 0.2) is 0 Å². The molecule has 18 heavy (non-hydrogen) atoms. The van der Waals surface area contributed by atoms with Gasteiger partial charge in [-0.3, -0.25) is 0 Å². The van der Waals surface area contributed by atoms with E-state index in [2.05, 4.69) is 34.2 Å². The Morgan fingerprint density at radius 3 is 2.72 bits per heavy atom. The number of sulfonamides is 1. The molecule has 0 aromatic heterocycles.